The van der Waals surface area contributed by atoms with E-state index < -0.39 is 0 Å². The molecule has 0 fully saturated rings. The smallest absolute Gasteiger partial charge is 0.221 e. The van der Waals surface area contributed by atoms with Crippen LogP contribution in [0.15, 0.2) is 64.8 Å². The van der Waals surface area contributed by atoms with Gasteiger partial charge in [0.2, 0.25) is 5.91 Å². The average Bonchev–Trinajstić information content (AvgIpc) is 2.49. The zero-order valence-corrected chi connectivity index (χ0v) is 14.5. The normalized spacial score (nSPS) is 11.0. The summed E-state index contributed by atoms with van der Waals surface area (Å²) in [6.45, 7) is 3.30. The number of allylic oxidation sites excluding steroid dienone is 2. The number of carbonyl (C=O) groups excluding carboxylic acids is 2. The molecule has 118 valence electrons. The van der Waals surface area contributed by atoms with Crippen molar-refractivity contribution in [2.75, 3.05) is 10.6 Å². The first-order valence-electron chi connectivity index (χ1n) is 7.07. The second kappa shape index (κ2) is 7.74. The fourth-order valence-corrected chi connectivity index (χ4v) is 2.26. The van der Waals surface area contributed by atoms with Gasteiger partial charge in [0.05, 0.1) is 0 Å². The van der Waals surface area contributed by atoms with Crippen LogP contribution in [0.1, 0.15) is 24.2 Å². The van der Waals surface area contributed by atoms with Crippen LogP contribution in [-0.2, 0) is 4.79 Å². The largest absolute Gasteiger partial charge is 0.359 e. The van der Waals surface area contributed by atoms with Crippen molar-refractivity contribution in [3.05, 3.63) is 70.3 Å². The highest BCUT2D eigenvalue weighted by molar-refractivity contribution is 9.10. The van der Waals surface area contributed by atoms with Crippen molar-refractivity contribution < 1.29 is 9.59 Å². The summed E-state index contributed by atoms with van der Waals surface area (Å²) in [5.74, 6) is -0.167. The van der Waals surface area contributed by atoms with Gasteiger partial charge in [0, 0.05) is 40.1 Å². The summed E-state index contributed by atoms with van der Waals surface area (Å²) in [5.41, 5.74) is 2.95. The molecule has 0 aliphatic rings. The fourth-order valence-electron chi connectivity index (χ4n) is 2.00. The molecule has 2 rings (SSSR count). The molecule has 0 atom stereocenters. The molecule has 0 aliphatic carbocycles. The summed E-state index contributed by atoms with van der Waals surface area (Å²) in [6.07, 6.45) is 1.56. The molecular weight excluding hydrogens is 356 g/mol. The van der Waals surface area contributed by atoms with Crippen LogP contribution in [0.5, 0.6) is 0 Å². The summed E-state index contributed by atoms with van der Waals surface area (Å²) in [6, 6.07) is 14.5. The van der Waals surface area contributed by atoms with Crippen LogP contribution in [0.25, 0.3) is 0 Å². The van der Waals surface area contributed by atoms with Crippen molar-refractivity contribution in [2.24, 2.45) is 0 Å². The number of nitrogens with one attached hydrogen (secondary N) is 2. The third-order valence-corrected chi connectivity index (χ3v) is 3.55. The number of hydrogen-bond donors (Lipinski definition) is 2. The Morgan fingerprint density at radius 1 is 0.870 bits per heavy atom. The Labute approximate surface area is 143 Å². The second-order valence-corrected chi connectivity index (χ2v) is 6.00. The quantitative estimate of drug-likeness (QED) is 0.595. The molecular formula is C18H17BrN2O2. The number of anilines is 2. The Morgan fingerprint density at radius 3 is 1.91 bits per heavy atom. The lowest BCUT2D eigenvalue weighted by Crippen LogP contribution is -2.05. The van der Waals surface area contributed by atoms with Gasteiger partial charge in [-0.25, -0.2) is 0 Å². The maximum absolute atomic E-state index is 12.2. The molecule has 0 radical (unpaired) electrons. The predicted octanol–water partition coefficient (Wildman–Crippen LogP) is 4.61. The van der Waals surface area contributed by atoms with E-state index >= 15 is 0 Å². The third-order valence-electron chi connectivity index (χ3n) is 3.02. The number of benzene rings is 2. The lowest BCUT2D eigenvalue weighted by Gasteiger charge is -2.08. The minimum atomic E-state index is -0.109. The molecule has 0 saturated heterocycles. The van der Waals surface area contributed by atoms with Crippen LogP contribution in [0, 0.1) is 0 Å². The summed E-state index contributed by atoms with van der Waals surface area (Å²) < 4.78 is 0.937. The summed E-state index contributed by atoms with van der Waals surface area (Å²) in [7, 11) is 0. The summed E-state index contributed by atoms with van der Waals surface area (Å²) >= 11 is 3.34. The zero-order valence-electron chi connectivity index (χ0n) is 12.9. The van der Waals surface area contributed by atoms with E-state index in [1.807, 2.05) is 31.2 Å². The van der Waals surface area contributed by atoms with Crippen molar-refractivity contribution in [1.29, 1.82) is 0 Å². The molecule has 0 heterocycles. The van der Waals surface area contributed by atoms with E-state index in [-0.39, 0.29) is 11.7 Å². The first-order chi connectivity index (χ1) is 10.9. The summed E-state index contributed by atoms with van der Waals surface area (Å²) in [5, 5.41) is 5.86. The average molecular weight is 373 g/mol. The molecule has 2 N–H and O–H groups in total. The van der Waals surface area contributed by atoms with Crippen LogP contribution in [0.4, 0.5) is 11.4 Å². The van der Waals surface area contributed by atoms with Crippen molar-refractivity contribution >= 4 is 39.0 Å². The fraction of sp³-hybridized carbons (Fsp3) is 0.111. The van der Waals surface area contributed by atoms with E-state index in [9.17, 15) is 9.59 Å². The Hall–Kier alpha value is -2.40. The van der Waals surface area contributed by atoms with E-state index in [1.165, 1.54) is 6.92 Å². The molecule has 4 nitrogen and oxygen atoms in total. The van der Waals surface area contributed by atoms with Crippen LogP contribution in [0.3, 0.4) is 0 Å². The number of rotatable bonds is 5. The van der Waals surface area contributed by atoms with Gasteiger partial charge in [0.15, 0.2) is 5.78 Å². The standard InChI is InChI=1S/C18H17BrN2O2/c1-12(11-18(23)14-3-5-15(19)6-4-14)20-16-7-9-17(10-8-16)21-13(2)22/h3-11,20H,1-2H3,(H,21,22). The topological polar surface area (TPSA) is 58.2 Å². The van der Waals surface area contributed by atoms with Crippen LogP contribution in [0.2, 0.25) is 0 Å². The van der Waals surface area contributed by atoms with Crippen LogP contribution in [-0.4, -0.2) is 11.7 Å². The zero-order chi connectivity index (χ0) is 16.8. The first kappa shape index (κ1) is 17.0. The highest BCUT2D eigenvalue weighted by Gasteiger charge is 2.03. The molecule has 23 heavy (non-hydrogen) atoms. The Morgan fingerprint density at radius 2 is 1.39 bits per heavy atom. The van der Waals surface area contributed by atoms with Crippen LogP contribution < -0.4 is 10.6 Å². The highest BCUT2D eigenvalue weighted by atomic mass is 79.9. The molecule has 5 heteroatoms. The maximum Gasteiger partial charge on any atom is 0.221 e. The molecule has 0 aromatic heterocycles. The van der Waals surface area contributed by atoms with Crippen molar-refractivity contribution in [1.82, 2.24) is 0 Å². The monoisotopic (exact) mass is 372 g/mol. The number of amides is 1. The van der Waals surface area contributed by atoms with E-state index in [2.05, 4.69) is 26.6 Å². The van der Waals surface area contributed by atoms with Gasteiger partial charge in [-0.15, -0.1) is 0 Å². The van der Waals surface area contributed by atoms with Gasteiger partial charge >= 0.3 is 0 Å². The molecule has 1 amide bonds. The van der Waals surface area contributed by atoms with Gasteiger partial charge in [-0.2, -0.15) is 0 Å². The van der Waals surface area contributed by atoms with Crippen LogP contribution >= 0.6 is 15.9 Å². The van der Waals surface area contributed by atoms with Crippen molar-refractivity contribution in [2.45, 2.75) is 13.8 Å². The van der Waals surface area contributed by atoms with Gasteiger partial charge in [0.1, 0.15) is 0 Å². The third kappa shape index (κ3) is 5.38. The predicted molar refractivity (Wildman–Crippen MR) is 96.6 cm³/mol. The number of carbonyl (C=O) groups is 2. The SMILES string of the molecule is CC(=O)Nc1ccc(NC(C)=CC(=O)c2ccc(Br)cc2)cc1. The van der Waals surface area contributed by atoms with E-state index in [0.717, 1.165) is 21.5 Å². The Bertz CT molecular complexity index is 735. The molecule has 2 aromatic rings. The summed E-state index contributed by atoms with van der Waals surface area (Å²) in [4.78, 5) is 23.1. The minimum Gasteiger partial charge on any atom is -0.359 e. The van der Waals surface area contributed by atoms with Gasteiger partial charge in [-0.3, -0.25) is 9.59 Å². The van der Waals surface area contributed by atoms with Gasteiger partial charge < -0.3 is 10.6 Å². The van der Waals surface area contributed by atoms with E-state index in [1.54, 1.807) is 30.3 Å². The lowest BCUT2D eigenvalue weighted by atomic mass is 10.1. The van der Waals surface area contributed by atoms with Gasteiger partial charge in [0.25, 0.3) is 0 Å². The molecule has 0 saturated carbocycles. The number of hydrogen-bond acceptors (Lipinski definition) is 3. The Balaban J connectivity index is 2.02. The lowest BCUT2D eigenvalue weighted by molar-refractivity contribution is -0.114. The molecule has 2 aromatic carbocycles. The van der Waals surface area contributed by atoms with Gasteiger partial charge in [-0.1, -0.05) is 15.9 Å². The molecule has 0 bridgehead atoms. The highest BCUT2D eigenvalue weighted by Crippen LogP contribution is 2.16. The molecule has 0 spiro atoms. The second-order valence-electron chi connectivity index (χ2n) is 5.08. The number of ketones is 1. The first-order valence-corrected chi connectivity index (χ1v) is 7.86. The van der Waals surface area contributed by atoms with Crippen molar-refractivity contribution in [3.8, 4) is 0 Å². The minimum absolute atomic E-state index is 0.0580. The van der Waals surface area contributed by atoms with E-state index in [4.69, 9.17) is 0 Å². The Kier molecular flexibility index (Phi) is 5.71. The van der Waals surface area contributed by atoms with E-state index in [0.29, 0.717) is 5.56 Å². The maximum atomic E-state index is 12.2. The number of halogens is 1. The van der Waals surface area contributed by atoms with Crippen molar-refractivity contribution in [3.63, 3.8) is 0 Å². The van der Waals surface area contributed by atoms with Gasteiger partial charge in [-0.05, 0) is 55.5 Å². The molecule has 0 aliphatic heterocycles. The molecule has 0 unspecified atom stereocenters.